The van der Waals surface area contributed by atoms with Gasteiger partial charge in [0.1, 0.15) is 17.4 Å². The second kappa shape index (κ2) is 5.83. The maximum absolute atomic E-state index is 14.2. The molecule has 1 aliphatic rings. The summed E-state index contributed by atoms with van der Waals surface area (Å²) >= 11 is 0. The molecule has 3 rings (SSSR count). The quantitative estimate of drug-likeness (QED) is 0.908. The van der Waals surface area contributed by atoms with Gasteiger partial charge in [0.15, 0.2) is 0 Å². The zero-order valence-corrected chi connectivity index (χ0v) is 11.7. The summed E-state index contributed by atoms with van der Waals surface area (Å²) < 4.78 is 19.5. The van der Waals surface area contributed by atoms with Crippen molar-refractivity contribution >= 4 is 17.2 Å². The highest BCUT2D eigenvalue weighted by Gasteiger charge is 2.12. The second-order valence-electron chi connectivity index (χ2n) is 4.68. The number of halogens is 1. The number of para-hydroxylation sites is 2. The lowest BCUT2D eigenvalue weighted by Crippen LogP contribution is -2.19. The van der Waals surface area contributed by atoms with E-state index in [-0.39, 0.29) is 5.82 Å². The molecule has 4 nitrogen and oxygen atoms in total. The second-order valence-corrected chi connectivity index (χ2v) is 4.68. The van der Waals surface area contributed by atoms with Crippen molar-refractivity contribution in [3.05, 3.63) is 53.8 Å². The van der Waals surface area contributed by atoms with E-state index in [1.807, 2.05) is 30.3 Å². The van der Waals surface area contributed by atoms with Crippen LogP contribution in [-0.4, -0.2) is 26.0 Å². The van der Waals surface area contributed by atoms with Crippen molar-refractivity contribution in [3.63, 3.8) is 0 Å². The molecule has 0 aliphatic carbocycles. The van der Waals surface area contributed by atoms with Gasteiger partial charge in [0.25, 0.3) is 0 Å². The van der Waals surface area contributed by atoms with Crippen LogP contribution in [0, 0.1) is 5.82 Å². The van der Waals surface area contributed by atoms with Crippen LogP contribution in [0.4, 0.5) is 15.8 Å². The summed E-state index contributed by atoms with van der Waals surface area (Å²) in [7, 11) is 1.59. The first kappa shape index (κ1) is 13.4. The topological polar surface area (TPSA) is 45.6 Å². The molecular formula is C16H16FN3O. The Morgan fingerprint density at radius 3 is 2.76 bits per heavy atom. The molecule has 0 amide bonds. The van der Waals surface area contributed by atoms with Crippen molar-refractivity contribution in [2.45, 2.75) is 0 Å². The minimum absolute atomic E-state index is 0.324. The SMILES string of the molecule is COc1ccccc1Nc1ccc(C2=NCCN2)cc1F. The van der Waals surface area contributed by atoms with E-state index in [1.54, 1.807) is 13.2 Å². The fourth-order valence-electron chi connectivity index (χ4n) is 2.25. The summed E-state index contributed by atoms with van der Waals surface area (Å²) in [5.41, 5.74) is 1.89. The number of nitrogens with one attached hydrogen (secondary N) is 2. The molecule has 0 unspecified atom stereocenters. The Hall–Kier alpha value is -2.56. The fraction of sp³-hybridized carbons (Fsp3) is 0.188. The molecule has 0 atom stereocenters. The summed E-state index contributed by atoms with van der Waals surface area (Å²) in [6, 6.07) is 12.4. The van der Waals surface area contributed by atoms with Crippen molar-refractivity contribution in [3.8, 4) is 5.75 Å². The number of benzene rings is 2. The third-order valence-corrected chi connectivity index (χ3v) is 3.29. The molecule has 2 aromatic carbocycles. The number of rotatable bonds is 4. The van der Waals surface area contributed by atoms with Crippen molar-refractivity contribution < 1.29 is 9.13 Å². The number of hydrogen-bond donors (Lipinski definition) is 2. The average Bonchev–Trinajstić information content (AvgIpc) is 3.04. The van der Waals surface area contributed by atoms with E-state index >= 15 is 0 Å². The van der Waals surface area contributed by atoms with Crippen LogP contribution in [0.1, 0.15) is 5.56 Å². The first-order valence-corrected chi connectivity index (χ1v) is 6.76. The Labute approximate surface area is 122 Å². The van der Waals surface area contributed by atoms with E-state index in [0.29, 0.717) is 11.4 Å². The minimum Gasteiger partial charge on any atom is -0.495 e. The van der Waals surface area contributed by atoms with Crippen LogP contribution in [0.2, 0.25) is 0 Å². The lowest BCUT2D eigenvalue weighted by Gasteiger charge is -2.12. The highest BCUT2D eigenvalue weighted by atomic mass is 19.1. The van der Waals surface area contributed by atoms with Crippen molar-refractivity contribution in [1.82, 2.24) is 5.32 Å². The fourth-order valence-corrected chi connectivity index (χ4v) is 2.25. The molecule has 2 N–H and O–H groups in total. The van der Waals surface area contributed by atoms with Gasteiger partial charge in [0.2, 0.25) is 0 Å². The molecule has 21 heavy (non-hydrogen) atoms. The van der Waals surface area contributed by atoms with E-state index in [1.165, 1.54) is 6.07 Å². The predicted octanol–water partition coefficient (Wildman–Crippen LogP) is 2.93. The van der Waals surface area contributed by atoms with E-state index in [2.05, 4.69) is 15.6 Å². The zero-order chi connectivity index (χ0) is 14.7. The van der Waals surface area contributed by atoms with Crippen LogP contribution in [-0.2, 0) is 0 Å². The molecule has 1 aliphatic heterocycles. The van der Waals surface area contributed by atoms with Gasteiger partial charge in [-0.25, -0.2) is 4.39 Å². The summed E-state index contributed by atoms with van der Waals surface area (Å²) in [5, 5.41) is 6.18. The maximum Gasteiger partial charge on any atom is 0.147 e. The lowest BCUT2D eigenvalue weighted by atomic mass is 10.1. The average molecular weight is 285 g/mol. The lowest BCUT2D eigenvalue weighted by molar-refractivity contribution is 0.417. The Bertz CT molecular complexity index is 685. The molecule has 0 radical (unpaired) electrons. The van der Waals surface area contributed by atoms with Gasteiger partial charge in [-0.2, -0.15) is 0 Å². The van der Waals surface area contributed by atoms with Gasteiger partial charge in [0, 0.05) is 12.1 Å². The first-order chi connectivity index (χ1) is 10.3. The third-order valence-electron chi connectivity index (χ3n) is 3.29. The molecule has 0 fully saturated rings. The molecule has 0 saturated carbocycles. The summed E-state index contributed by atoms with van der Waals surface area (Å²) in [6.45, 7) is 1.54. The highest BCUT2D eigenvalue weighted by molar-refractivity contribution is 6.00. The number of hydrogen-bond acceptors (Lipinski definition) is 4. The molecule has 0 aromatic heterocycles. The number of methoxy groups -OCH3 is 1. The van der Waals surface area contributed by atoms with Crippen LogP contribution >= 0.6 is 0 Å². The Balaban J connectivity index is 1.86. The molecular weight excluding hydrogens is 269 g/mol. The number of ether oxygens (including phenoxy) is 1. The highest BCUT2D eigenvalue weighted by Crippen LogP contribution is 2.28. The van der Waals surface area contributed by atoms with Crippen molar-refractivity contribution in [2.75, 3.05) is 25.5 Å². The van der Waals surface area contributed by atoms with Crippen molar-refractivity contribution in [2.24, 2.45) is 4.99 Å². The Morgan fingerprint density at radius 2 is 2.05 bits per heavy atom. The van der Waals surface area contributed by atoms with Crippen LogP contribution in [0.5, 0.6) is 5.75 Å². The van der Waals surface area contributed by atoms with E-state index < -0.39 is 0 Å². The van der Waals surface area contributed by atoms with Crippen LogP contribution < -0.4 is 15.4 Å². The third kappa shape index (κ3) is 2.81. The standard InChI is InChI=1S/C16H16FN3O/c1-21-15-5-3-2-4-14(15)20-13-7-6-11(10-12(13)17)16-18-8-9-19-16/h2-7,10,20H,8-9H2,1H3,(H,18,19). The van der Waals surface area contributed by atoms with Crippen LogP contribution in [0.25, 0.3) is 0 Å². The maximum atomic E-state index is 14.2. The van der Waals surface area contributed by atoms with E-state index in [0.717, 1.165) is 30.2 Å². The van der Waals surface area contributed by atoms with Gasteiger partial charge >= 0.3 is 0 Å². The van der Waals surface area contributed by atoms with Gasteiger partial charge in [-0.05, 0) is 30.3 Å². The minimum atomic E-state index is -0.324. The Kier molecular flexibility index (Phi) is 3.73. The van der Waals surface area contributed by atoms with Crippen molar-refractivity contribution in [1.29, 1.82) is 0 Å². The molecule has 1 heterocycles. The summed E-state index contributed by atoms with van der Waals surface area (Å²) in [5.74, 6) is 1.09. The van der Waals surface area contributed by atoms with Crippen LogP contribution in [0.15, 0.2) is 47.5 Å². The molecule has 0 saturated heterocycles. The van der Waals surface area contributed by atoms with Gasteiger partial charge in [-0.3, -0.25) is 4.99 Å². The molecule has 108 valence electrons. The van der Waals surface area contributed by atoms with E-state index in [4.69, 9.17) is 4.74 Å². The molecule has 0 bridgehead atoms. The number of aliphatic imine (C=N–C) groups is 1. The predicted molar refractivity (Wildman–Crippen MR) is 82.1 cm³/mol. The first-order valence-electron chi connectivity index (χ1n) is 6.76. The zero-order valence-electron chi connectivity index (χ0n) is 11.7. The van der Waals surface area contributed by atoms with E-state index in [9.17, 15) is 4.39 Å². The molecule has 2 aromatic rings. The normalized spacial score (nSPS) is 13.5. The Morgan fingerprint density at radius 1 is 1.19 bits per heavy atom. The van der Waals surface area contributed by atoms with Gasteiger partial charge < -0.3 is 15.4 Å². The largest absolute Gasteiger partial charge is 0.495 e. The molecule has 5 heteroatoms. The number of nitrogens with zero attached hydrogens (tertiary/aromatic N) is 1. The summed E-state index contributed by atoms with van der Waals surface area (Å²) in [4.78, 5) is 4.29. The number of amidine groups is 1. The number of anilines is 2. The summed E-state index contributed by atoms with van der Waals surface area (Å²) in [6.07, 6.45) is 0. The van der Waals surface area contributed by atoms with Gasteiger partial charge in [0.05, 0.1) is 25.0 Å². The van der Waals surface area contributed by atoms with Gasteiger partial charge in [-0.1, -0.05) is 12.1 Å². The molecule has 0 spiro atoms. The van der Waals surface area contributed by atoms with Crippen LogP contribution in [0.3, 0.4) is 0 Å². The monoisotopic (exact) mass is 285 g/mol. The smallest absolute Gasteiger partial charge is 0.147 e. The van der Waals surface area contributed by atoms with Gasteiger partial charge in [-0.15, -0.1) is 0 Å².